The van der Waals surface area contributed by atoms with Crippen molar-refractivity contribution in [1.82, 2.24) is 0 Å². The fourth-order valence-corrected chi connectivity index (χ4v) is 2.74. The Hall–Kier alpha value is -2.19. The van der Waals surface area contributed by atoms with Crippen molar-refractivity contribution in [2.24, 2.45) is 0 Å². The summed E-state index contributed by atoms with van der Waals surface area (Å²) in [5, 5.41) is 23.1. The normalized spacial score (nSPS) is 13.0. The van der Waals surface area contributed by atoms with E-state index in [0.717, 1.165) is 0 Å². The van der Waals surface area contributed by atoms with Crippen LogP contribution >= 0.6 is 11.6 Å². The highest BCUT2D eigenvalue weighted by Crippen LogP contribution is 2.35. The van der Waals surface area contributed by atoms with Gasteiger partial charge in [0.1, 0.15) is 29.9 Å². The van der Waals surface area contributed by atoms with E-state index in [-0.39, 0.29) is 13.2 Å². The van der Waals surface area contributed by atoms with Gasteiger partial charge in [-0.25, -0.2) is 0 Å². The van der Waals surface area contributed by atoms with Crippen molar-refractivity contribution in [2.75, 3.05) is 39.9 Å². The SMILES string of the molecule is COc1cc(NC(c2ccc(Cl)cc2OC)C(O)OC)cc(OCCO)c1. The Balaban J connectivity index is 2.39. The van der Waals surface area contributed by atoms with Gasteiger partial charge in [-0.3, -0.25) is 0 Å². The van der Waals surface area contributed by atoms with Crippen LogP contribution in [0, 0.1) is 0 Å². The smallest absolute Gasteiger partial charge is 0.178 e. The van der Waals surface area contributed by atoms with E-state index in [1.807, 2.05) is 0 Å². The number of aliphatic hydroxyl groups excluding tert-OH is 2. The number of aliphatic hydroxyl groups is 2. The van der Waals surface area contributed by atoms with Gasteiger partial charge in [-0.05, 0) is 12.1 Å². The van der Waals surface area contributed by atoms with Gasteiger partial charge in [-0.1, -0.05) is 17.7 Å². The molecule has 27 heavy (non-hydrogen) atoms. The van der Waals surface area contributed by atoms with Crippen molar-refractivity contribution >= 4 is 17.3 Å². The molecule has 0 radical (unpaired) electrons. The van der Waals surface area contributed by atoms with Gasteiger partial charge in [0, 0.05) is 41.6 Å². The third-order valence-corrected chi connectivity index (χ3v) is 4.09. The molecule has 7 nitrogen and oxygen atoms in total. The van der Waals surface area contributed by atoms with Crippen molar-refractivity contribution in [3.63, 3.8) is 0 Å². The number of ether oxygens (including phenoxy) is 4. The van der Waals surface area contributed by atoms with Crippen LogP contribution in [-0.4, -0.2) is 51.0 Å². The maximum atomic E-state index is 10.4. The maximum Gasteiger partial charge on any atom is 0.178 e. The molecule has 0 aliphatic carbocycles. The first-order valence-corrected chi connectivity index (χ1v) is 8.63. The van der Waals surface area contributed by atoms with Crippen molar-refractivity contribution in [2.45, 2.75) is 12.3 Å². The Morgan fingerprint density at radius 2 is 1.78 bits per heavy atom. The summed E-state index contributed by atoms with van der Waals surface area (Å²) >= 11 is 6.04. The van der Waals surface area contributed by atoms with Crippen molar-refractivity contribution < 1.29 is 29.2 Å². The molecule has 2 aromatic rings. The van der Waals surface area contributed by atoms with Gasteiger partial charge in [-0.2, -0.15) is 0 Å². The number of anilines is 1. The molecule has 2 aromatic carbocycles. The zero-order valence-electron chi connectivity index (χ0n) is 15.4. The molecule has 0 heterocycles. The molecule has 8 heteroatoms. The topological polar surface area (TPSA) is 89.4 Å². The molecule has 2 unspecified atom stereocenters. The highest BCUT2D eigenvalue weighted by molar-refractivity contribution is 6.30. The van der Waals surface area contributed by atoms with E-state index in [9.17, 15) is 5.11 Å². The van der Waals surface area contributed by atoms with Crippen LogP contribution in [0.2, 0.25) is 5.02 Å². The number of hydrogen-bond donors (Lipinski definition) is 3. The van der Waals surface area contributed by atoms with E-state index in [0.29, 0.717) is 33.5 Å². The fraction of sp³-hybridized carbons (Fsp3) is 0.368. The summed E-state index contributed by atoms with van der Waals surface area (Å²) in [6.45, 7) is 0.0503. The molecule has 0 amide bonds. The third-order valence-electron chi connectivity index (χ3n) is 3.86. The van der Waals surface area contributed by atoms with E-state index < -0.39 is 12.3 Å². The first-order chi connectivity index (χ1) is 13.0. The van der Waals surface area contributed by atoms with Crippen LogP contribution in [0.3, 0.4) is 0 Å². The summed E-state index contributed by atoms with van der Waals surface area (Å²) < 4.78 is 21.3. The Bertz CT molecular complexity index is 742. The fourth-order valence-electron chi connectivity index (χ4n) is 2.58. The summed E-state index contributed by atoms with van der Waals surface area (Å²) in [4.78, 5) is 0. The second-order valence-corrected chi connectivity index (χ2v) is 6.04. The van der Waals surface area contributed by atoms with Gasteiger partial charge in [0.15, 0.2) is 6.29 Å². The maximum absolute atomic E-state index is 10.4. The minimum atomic E-state index is -1.16. The van der Waals surface area contributed by atoms with Crippen LogP contribution in [0.1, 0.15) is 11.6 Å². The summed E-state index contributed by atoms with van der Waals surface area (Å²) in [5.41, 5.74) is 1.29. The van der Waals surface area contributed by atoms with Crippen molar-refractivity contribution in [3.05, 3.63) is 47.0 Å². The predicted molar refractivity (Wildman–Crippen MR) is 103 cm³/mol. The van der Waals surface area contributed by atoms with Crippen LogP contribution in [0.15, 0.2) is 36.4 Å². The molecule has 0 aromatic heterocycles. The molecular weight excluding hydrogens is 374 g/mol. The molecule has 3 N–H and O–H groups in total. The summed E-state index contributed by atoms with van der Waals surface area (Å²) in [5.74, 6) is 1.58. The minimum Gasteiger partial charge on any atom is -0.497 e. The second-order valence-electron chi connectivity index (χ2n) is 5.60. The lowest BCUT2D eigenvalue weighted by Gasteiger charge is -2.26. The van der Waals surface area contributed by atoms with E-state index in [2.05, 4.69) is 5.32 Å². The average molecular weight is 398 g/mol. The van der Waals surface area contributed by atoms with Gasteiger partial charge in [0.25, 0.3) is 0 Å². The molecular formula is C19H24ClNO6. The summed E-state index contributed by atoms with van der Waals surface area (Å²) in [6, 6.07) is 9.66. The lowest BCUT2D eigenvalue weighted by molar-refractivity contribution is -0.0862. The molecule has 0 saturated carbocycles. The third kappa shape index (κ3) is 5.64. The molecule has 2 rings (SSSR count). The minimum absolute atomic E-state index is 0.104. The number of hydrogen-bond acceptors (Lipinski definition) is 7. The van der Waals surface area contributed by atoms with E-state index in [4.69, 9.17) is 35.7 Å². The largest absolute Gasteiger partial charge is 0.497 e. The quantitative estimate of drug-likeness (QED) is 0.531. The Labute approximate surface area is 163 Å². The second kappa shape index (κ2) is 10.2. The monoisotopic (exact) mass is 397 g/mol. The molecule has 0 bridgehead atoms. The standard InChI is InChI=1S/C19H24ClNO6/c1-24-14-9-13(10-15(11-14)27-7-6-22)21-18(19(23)26-3)16-5-4-12(20)8-17(16)25-2/h4-5,8-11,18-19,21-23H,6-7H2,1-3H3. The number of halogens is 1. The van der Waals surface area contributed by atoms with E-state index in [1.54, 1.807) is 43.5 Å². The van der Waals surface area contributed by atoms with Gasteiger partial charge in [-0.15, -0.1) is 0 Å². The molecule has 0 fully saturated rings. The van der Waals surface area contributed by atoms with Gasteiger partial charge in [0.05, 0.1) is 20.8 Å². The predicted octanol–water partition coefficient (Wildman–Crippen LogP) is 2.85. The summed E-state index contributed by atoms with van der Waals surface area (Å²) in [7, 11) is 4.47. The zero-order valence-corrected chi connectivity index (χ0v) is 16.2. The van der Waals surface area contributed by atoms with Gasteiger partial charge in [0.2, 0.25) is 0 Å². The molecule has 0 spiro atoms. The van der Waals surface area contributed by atoms with Crippen LogP contribution < -0.4 is 19.5 Å². The van der Waals surface area contributed by atoms with Gasteiger partial charge < -0.3 is 34.5 Å². The van der Waals surface area contributed by atoms with Gasteiger partial charge >= 0.3 is 0 Å². The number of benzene rings is 2. The van der Waals surface area contributed by atoms with Crippen LogP contribution in [-0.2, 0) is 4.74 Å². The Kier molecular flexibility index (Phi) is 7.99. The molecule has 0 saturated heterocycles. The summed E-state index contributed by atoms with van der Waals surface area (Å²) in [6.07, 6.45) is -1.16. The highest BCUT2D eigenvalue weighted by Gasteiger charge is 2.25. The first-order valence-electron chi connectivity index (χ1n) is 8.26. The van der Waals surface area contributed by atoms with E-state index >= 15 is 0 Å². The molecule has 148 valence electrons. The lowest BCUT2D eigenvalue weighted by Crippen LogP contribution is -2.27. The van der Waals surface area contributed by atoms with E-state index in [1.165, 1.54) is 14.2 Å². The van der Waals surface area contributed by atoms with Crippen LogP contribution in [0.25, 0.3) is 0 Å². The first kappa shape index (κ1) is 21.1. The molecule has 2 atom stereocenters. The number of methoxy groups -OCH3 is 3. The van der Waals surface area contributed by atoms with Crippen molar-refractivity contribution in [1.29, 1.82) is 0 Å². The Morgan fingerprint density at radius 3 is 2.41 bits per heavy atom. The lowest BCUT2D eigenvalue weighted by atomic mass is 10.0. The highest BCUT2D eigenvalue weighted by atomic mass is 35.5. The average Bonchev–Trinajstić information content (AvgIpc) is 2.69. The van der Waals surface area contributed by atoms with Crippen molar-refractivity contribution in [3.8, 4) is 17.2 Å². The van der Waals surface area contributed by atoms with Crippen LogP contribution in [0.5, 0.6) is 17.2 Å². The van der Waals surface area contributed by atoms with Crippen LogP contribution in [0.4, 0.5) is 5.69 Å². The molecule has 0 aliphatic rings. The Morgan fingerprint density at radius 1 is 1.04 bits per heavy atom. The zero-order chi connectivity index (χ0) is 19.8. The number of nitrogens with one attached hydrogen (secondary N) is 1. The number of rotatable bonds is 10. The molecule has 0 aliphatic heterocycles.